The maximum atomic E-state index is 12.8. The predicted molar refractivity (Wildman–Crippen MR) is 87.3 cm³/mol. The normalized spacial score (nSPS) is 23.0. The fourth-order valence-corrected chi connectivity index (χ4v) is 4.92. The van der Waals surface area contributed by atoms with Crippen molar-refractivity contribution in [2.24, 2.45) is 13.0 Å². The van der Waals surface area contributed by atoms with Gasteiger partial charge in [0.15, 0.2) is 0 Å². The quantitative estimate of drug-likeness (QED) is 0.858. The van der Waals surface area contributed by atoms with Gasteiger partial charge in [0.05, 0.1) is 0 Å². The first-order chi connectivity index (χ1) is 11.0. The molecule has 0 bridgehead atoms. The van der Waals surface area contributed by atoms with E-state index in [1.165, 1.54) is 16.5 Å². The van der Waals surface area contributed by atoms with E-state index in [9.17, 15) is 8.42 Å². The number of hydrogen-bond acceptors (Lipinski definition) is 4. The van der Waals surface area contributed by atoms with Crippen LogP contribution in [0.25, 0.3) is 0 Å². The molecule has 1 aliphatic heterocycles. The Balaban J connectivity index is 1.83. The second-order valence-corrected chi connectivity index (χ2v) is 7.89. The van der Waals surface area contributed by atoms with Crippen LogP contribution in [0.15, 0.2) is 41.8 Å². The van der Waals surface area contributed by atoms with E-state index < -0.39 is 10.0 Å². The predicted octanol–water partition coefficient (Wildman–Crippen LogP) is 2.02. The number of aryl methyl sites for hydroxylation is 1. The average Bonchev–Trinajstić information content (AvgIpc) is 3.02. The van der Waals surface area contributed by atoms with Crippen molar-refractivity contribution in [3.05, 3.63) is 42.2 Å². The van der Waals surface area contributed by atoms with Crippen LogP contribution in [0, 0.1) is 5.92 Å². The Kier molecular flexibility index (Phi) is 4.50. The molecule has 0 aliphatic carbocycles. The largest absolute Gasteiger partial charge is 0.306 e. The molecule has 0 saturated carbocycles. The molecule has 1 aromatic carbocycles. The van der Waals surface area contributed by atoms with Crippen molar-refractivity contribution in [2.45, 2.75) is 30.8 Å². The van der Waals surface area contributed by atoms with E-state index >= 15 is 0 Å². The Hall–Kier alpha value is -1.73. The van der Waals surface area contributed by atoms with Crippen LogP contribution in [0.2, 0.25) is 0 Å². The molecule has 1 aliphatic rings. The maximum absolute atomic E-state index is 12.8. The number of piperidine rings is 1. The third-order valence-electron chi connectivity index (χ3n) is 4.69. The second-order valence-electron chi connectivity index (χ2n) is 6.06. The van der Waals surface area contributed by atoms with Gasteiger partial charge in [0.2, 0.25) is 0 Å². The highest BCUT2D eigenvalue weighted by molar-refractivity contribution is 7.89. The molecule has 3 rings (SSSR count). The van der Waals surface area contributed by atoms with Gasteiger partial charge in [-0.2, -0.15) is 4.31 Å². The molecule has 1 saturated heterocycles. The molecule has 1 fully saturated rings. The van der Waals surface area contributed by atoms with Crippen molar-refractivity contribution in [3.63, 3.8) is 0 Å². The Morgan fingerprint density at radius 1 is 1.26 bits per heavy atom. The molecule has 2 unspecified atom stereocenters. The number of nitrogens with zero attached hydrogens (tertiary/aromatic N) is 4. The minimum absolute atomic E-state index is 0.0190. The van der Waals surface area contributed by atoms with Crippen LogP contribution in [0.3, 0.4) is 0 Å². The highest BCUT2D eigenvalue weighted by Gasteiger charge is 2.37. The van der Waals surface area contributed by atoms with Gasteiger partial charge in [-0.05, 0) is 23.8 Å². The highest BCUT2D eigenvalue weighted by atomic mass is 32.2. The van der Waals surface area contributed by atoms with Crippen molar-refractivity contribution in [2.75, 3.05) is 13.1 Å². The number of rotatable bonds is 4. The molecule has 1 aromatic heterocycles. The van der Waals surface area contributed by atoms with E-state index in [2.05, 4.69) is 29.3 Å². The summed E-state index contributed by atoms with van der Waals surface area (Å²) in [5.74, 6) is 0.723. The van der Waals surface area contributed by atoms with E-state index in [1.54, 1.807) is 11.4 Å². The van der Waals surface area contributed by atoms with Crippen molar-refractivity contribution < 1.29 is 8.42 Å². The van der Waals surface area contributed by atoms with Crippen LogP contribution in [-0.4, -0.2) is 40.6 Å². The summed E-state index contributed by atoms with van der Waals surface area (Å²) in [4.78, 5) is 0. The zero-order valence-corrected chi connectivity index (χ0v) is 14.3. The lowest BCUT2D eigenvalue weighted by molar-refractivity contribution is 0.227. The lowest BCUT2D eigenvalue weighted by atomic mass is 9.80. The molecule has 0 N–H and O–H groups in total. The van der Waals surface area contributed by atoms with Crippen molar-refractivity contribution in [1.29, 1.82) is 0 Å². The summed E-state index contributed by atoms with van der Waals surface area (Å²) in [6.07, 6.45) is 3.20. The Bertz CT molecular complexity index is 757. The third kappa shape index (κ3) is 3.03. The van der Waals surface area contributed by atoms with Gasteiger partial charge in [0.25, 0.3) is 15.2 Å². The molecule has 6 nitrogen and oxygen atoms in total. The fraction of sp³-hybridized carbons (Fsp3) is 0.500. The Morgan fingerprint density at radius 3 is 2.61 bits per heavy atom. The highest BCUT2D eigenvalue weighted by Crippen LogP contribution is 2.36. The zero-order valence-electron chi connectivity index (χ0n) is 13.5. The molecule has 0 radical (unpaired) electrons. The molecule has 124 valence electrons. The van der Waals surface area contributed by atoms with Gasteiger partial charge in [-0.25, -0.2) is 8.42 Å². The molecule has 2 aromatic rings. The Morgan fingerprint density at radius 2 is 2.00 bits per heavy atom. The molecule has 7 heteroatoms. The molecule has 0 spiro atoms. The minimum atomic E-state index is -3.58. The summed E-state index contributed by atoms with van der Waals surface area (Å²) < 4.78 is 28.6. The van der Waals surface area contributed by atoms with Crippen LogP contribution in [0.5, 0.6) is 0 Å². The average molecular weight is 334 g/mol. The van der Waals surface area contributed by atoms with Gasteiger partial charge in [-0.3, -0.25) is 0 Å². The van der Waals surface area contributed by atoms with Crippen LogP contribution < -0.4 is 0 Å². The Labute approximate surface area is 137 Å². The number of benzene rings is 1. The van der Waals surface area contributed by atoms with Crippen LogP contribution in [0.1, 0.15) is 31.2 Å². The molecule has 23 heavy (non-hydrogen) atoms. The third-order valence-corrected chi connectivity index (χ3v) is 6.53. The van der Waals surface area contributed by atoms with Crippen molar-refractivity contribution in [1.82, 2.24) is 19.1 Å². The van der Waals surface area contributed by atoms with Crippen molar-refractivity contribution in [3.8, 4) is 0 Å². The lowest BCUT2D eigenvalue weighted by Gasteiger charge is -2.37. The summed E-state index contributed by atoms with van der Waals surface area (Å²) in [7, 11) is -1.92. The lowest BCUT2D eigenvalue weighted by Crippen LogP contribution is -2.43. The molecule has 2 heterocycles. The summed E-state index contributed by atoms with van der Waals surface area (Å²) in [6.45, 7) is 3.18. The van der Waals surface area contributed by atoms with Gasteiger partial charge in [-0.1, -0.05) is 43.7 Å². The number of hydrogen-bond donors (Lipinski definition) is 0. The summed E-state index contributed by atoms with van der Waals surface area (Å²) in [5.41, 5.74) is 1.30. The standard InChI is InChI=1S/C16H22N4O2S/c1-3-13-11-20(23(21,22)16-18-17-12-19(16)2)10-9-15(13)14-7-5-4-6-8-14/h4-8,12-13,15H,3,9-11H2,1-2H3. The van der Waals surface area contributed by atoms with Gasteiger partial charge < -0.3 is 4.57 Å². The summed E-state index contributed by atoms with van der Waals surface area (Å²) >= 11 is 0. The smallest absolute Gasteiger partial charge is 0.278 e. The summed E-state index contributed by atoms with van der Waals surface area (Å²) in [5, 5.41) is 7.48. The van der Waals surface area contributed by atoms with Gasteiger partial charge in [-0.15, -0.1) is 10.2 Å². The van der Waals surface area contributed by atoms with Crippen LogP contribution >= 0.6 is 0 Å². The maximum Gasteiger partial charge on any atom is 0.278 e. The molecule has 2 atom stereocenters. The van der Waals surface area contributed by atoms with E-state index in [-0.39, 0.29) is 5.16 Å². The molecular formula is C16H22N4O2S. The van der Waals surface area contributed by atoms with Crippen LogP contribution in [0.4, 0.5) is 0 Å². The summed E-state index contributed by atoms with van der Waals surface area (Å²) in [6, 6.07) is 10.4. The van der Waals surface area contributed by atoms with E-state index in [4.69, 9.17) is 0 Å². The molecule has 0 amide bonds. The molecular weight excluding hydrogens is 312 g/mol. The fourth-order valence-electron chi connectivity index (χ4n) is 3.39. The van der Waals surface area contributed by atoms with Gasteiger partial charge in [0.1, 0.15) is 6.33 Å². The monoisotopic (exact) mass is 334 g/mol. The first kappa shape index (κ1) is 16.1. The number of aromatic nitrogens is 3. The van der Waals surface area contributed by atoms with E-state index in [0.717, 1.165) is 12.8 Å². The zero-order chi connectivity index (χ0) is 16.4. The van der Waals surface area contributed by atoms with E-state index in [1.807, 2.05) is 18.2 Å². The van der Waals surface area contributed by atoms with Crippen molar-refractivity contribution >= 4 is 10.0 Å². The van der Waals surface area contributed by atoms with Gasteiger partial charge in [0, 0.05) is 20.1 Å². The first-order valence-corrected chi connectivity index (χ1v) is 9.37. The first-order valence-electron chi connectivity index (χ1n) is 7.93. The minimum Gasteiger partial charge on any atom is -0.306 e. The van der Waals surface area contributed by atoms with Crippen LogP contribution in [-0.2, 0) is 17.1 Å². The van der Waals surface area contributed by atoms with E-state index in [0.29, 0.717) is 24.9 Å². The van der Waals surface area contributed by atoms with Gasteiger partial charge >= 0.3 is 0 Å². The SMILES string of the molecule is CCC1CN(S(=O)(=O)c2nncn2C)CCC1c1ccccc1. The second kappa shape index (κ2) is 6.41. The number of sulfonamides is 1. The topological polar surface area (TPSA) is 68.1 Å².